The van der Waals surface area contributed by atoms with Crippen LogP contribution in [0.25, 0.3) is 10.9 Å². The van der Waals surface area contributed by atoms with Gasteiger partial charge in [-0.2, -0.15) is 0 Å². The molecule has 2 aromatic carbocycles. The number of aromatic amines is 1. The van der Waals surface area contributed by atoms with E-state index in [0.29, 0.717) is 12.1 Å². The molecule has 1 aliphatic carbocycles. The summed E-state index contributed by atoms with van der Waals surface area (Å²) in [5, 5.41) is 14.1. The van der Waals surface area contributed by atoms with Crippen molar-refractivity contribution >= 4 is 10.9 Å². The minimum Gasteiger partial charge on any atom is -0.322 e. The monoisotopic (exact) mass is 470 g/mol. The number of H-pyrrole nitrogens is 1. The van der Waals surface area contributed by atoms with E-state index in [2.05, 4.69) is 82.6 Å². The van der Waals surface area contributed by atoms with E-state index in [9.17, 15) is 4.79 Å². The zero-order valence-electron chi connectivity index (χ0n) is 20.9. The number of hydrogen-bond acceptors (Lipinski definition) is 5. The van der Waals surface area contributed by atoms with Crippen molar-refractivity contribution < 1.29 is 0 Å². The Bertz CT molecular complexity index is 1350. The van der Waals surface area contributed by atoms with Crippen molar-refractivity contribution in [1.82, 2.24) is 30.1 Å². The second kappa shape index (κ2) is 10.1. The second-order valence-corrected chi connectivity index (χ2v) is 9.80. The highest BCUT2D eigenvalue weighted by Crippen LogP contribution is 2.33. The highest BCUT2D eigenvalue weighted by atomic mass is 16.1. The van der Waals surface area contributed by atoms with E-state index in [4.69, 9.17) is 0 Å². The van der Waals surface area contributed by atoms with Crippen LogP contribution in [0, 0.1) is 13.8 Å². The highest BCUT2D eigenvalue weighted by Gasteiger charge is 2.32. The molecule has 1 aliphatic rings. The standard InChI is InChI=1S/C28H34N6O/c1-4-33(18-21-11-7-5-8-12-21)26(27-30-31-32-34(27)23-13-9-6-10-14-23)24-17-22-15-19(2)20(3)16-25(22)29-28(24)35/h5,7-8,11-12,15-17,23,26H,4,6,9-10,13-14,18H2,1-3H3,(H,29,35). The van der Waals surface area contributed by atoms with Crippen molar-refractivity contribution in [1.29, 1.82) is 0 Å². The average Bonchev–Trinajstić information content (AvgIpc) is 3.36. The van der Waals surface area contributed by atoms with Gasteiger partial charge in [-0.1, -0.05) is 56.5 Å². The number of pyridine rings is 1. The summed E-state index contributed by atoms with van der Waals surface area (Å²) < 4.78 is 2.00. The summed E-state index contributed by atoms with van der Waals surface area (Å²) in [5.41, 5.74) is 5.02. The first-order valence-electron chi connectivity index (χ1n) is 12.7. The number of tetrazole rings is 1. The van der Waals surface area contributed by atoms with E-state index in [1.165, 1.54) is 30.4 Å². The van der Waals surface area contributed by atoms with Crippen LogP contribution in [0.1, 0.15) is 79.2 Å². The van der Waals surface area contributed by atoms with Gasteiger partial charge in [-0.05, 0) is 83.9 Å². The summed E-state index contributed by atoms with van der Waals surface area (Å²) >= 11 is 0. The lowest BCUT2D eigenvalue weighted by Crippen LogP contribution is -2.35. The van der Waals surface area contributed by atoms with Crippen molar-refractivity contribution in [3.05, 3.63) is 87.0 Å². The topological polar surface area (TPSA) is 79.7 Å². The first-order valence-corrected chi connectivity index (χ1v) is 12.7. The molecular formula is C28H34N6O. The number of aryl methyl sites for hydroxylation is 2. The molecule has 7 heteroatoms. The molecule has 2 aromatic heterocycles. The molecule has 35 heavy (non-hydrogen) atoms. The number of rotatable bonds is 7. The summed E-state index contributed by atoms with van der Waals surface area (Å²) in [6.45, 7) is 7.76. The van der Waals surface area contributed by atoms with Gasteiger partial charge in [0.15, 0.2) is 5.82 Å². The third kappa shape index (κ3) is 4.78. The molecule has 0 radical (unpaired) electrons. The maximum atomic E-state index is 13.6. The van der Waals surface area contributed by atoms with Crippen LogP contribution in [0.2, 0.25) is 0 Å². The predicted octanol–water partition coefficient (Wildman–Crippen LogP) is 5.25. The van der Waals surface area contributed by atoms with Gasteiger partial charge in [-0.15, -0.1) is 5.10 Å². The average molecular weight is 471 g/mol. The quantitative estimate of drug-likeness (QED) is 0.399. The molecule has 0 aliphatic heterocycles. The molecule has 7 nitrogen and oxygen atoms in total. The van der Waals surface area contributed by atoms with Crippen LogP contribution in [0.4, 0.5) is 0 Å². The Balaban J connectivity index is 1.66. The Labute approximate surface area is 206 Å². The van der Waals surface area contributed by atoms with Crippen LogP contribution in [0.3, 0.4) is 0 Å². The minimum absolute atomic E-state index is 0.0875. The van der Waals surface area contributed by atoms with Gasteiger partial charge in [0.05, 0.1) is 6.04 Å². The third-order valence-corrected chi connectivity index (χ3v) is 7.47. The van der Waals surface area contributed by atoms with Gasteiger partial charge in [0.2, 0.25) is 0 Å². The molecular weight excluding hydrogens is 436 g/mol. The first-order chi connectivity index (χ1) is 17.0. The zero-order chi connectivity index (χ0) is 24.4. The third-order valence-electron chi connectivity index (χ3n) is 7.47. The number of nitrogens with zero attached hydrogens (tertiary/aromatic N) is 5. The van der Waals surface area contributed by atoms with Crippen LogP contribution in [0.5, 0.6) is 0 Å². The van der Waals surface area contributed by atoms with Gasteiger partial charge >= 0.3 is 0 Å². The summed E-state index contributed by atoms with van der Waals surface area (Å²) in [5.74, 6) is 0.753. The van der Waals surface area contributed by atoms with E-state index in [0.717, 1.165) is 41.7 Å². The summed E-state index contributed by atoms with van der Waals surface area (Å²) in [7, 11) is 0. The maximum Gasteiger partial charge on any atom is 0.253 e. The normalized spacial score (nSPS) is 15.7. The lowest BCUT2D eigenvalue weighted by Gasteiger charge is -2.32. The van der Waals surface area contributed by atoms with Crippen LogP contribution < -0.4 is 5.56 Å². The number of benzene rings is 2. The number of hydrogen-bond donors (Lipinski definition) is 1. The van der Waals surface area contributed by atoms with Crippen molar-refractivity contribution in [3.63, 3.8) is 0 Å². The molecule has 1 saturated carbocycles. The summed E-state index contributed by atoms with van der Waals surface area (Å²) in [6.07, 6.45) is 5.77. The molecule has 0 spiro atoms. The lowest BCUT2D eigenvalue weighted by atomic mass is 9.95. The predicted molar refractivity (Wildman–Crippen MR) is 138 cm³/mol. The van der Waals surface area contributed by atoms with Crippen molar-refractivity contribution in [2.75, 3.05) is 6.54 Å². The second-order valence-electron chi connectivity index (χ2n) is 9.80. The number of nitrogens with one attached hydrogen (secondary N) is 1. The molecule has 0 bridgehead atoms. The van der Waals surface area contributed by atoms with Crippen LogP contribution in [-0.2, 0) is 6.54 Å². The molecule has 0 amide bonds. The van der Waals surface area contributed by atoms with Crippen LogP contribution in [0.15, 0.2) is 53.3 Å². The van der Waals surface area contributed by atoms with Crippen LogP contribution >= 0.6 is 0 Å². The molecule has 182 valence electrons. The number of fused-ring (bicyclic) bond motifs is 1. The molecule has 0 saturated heterocycles. The fourth-order valence-electron chi connectivity index (χ4n) is 5.37. The SMILES string of the molecule is CCN(Cc1ccccc1)C(c1cc2cc(C)c(C)cc2[nH]c1=O)c1nnnn1C1CCCCC1. The Kier molecular flexibility index (Phi) is 6.77. The maximum absolute atomic E-state index is 13.6. The largest absolute Gasteiger partial charge is 0.322 e. The van der Waals surface area contributed by atoms with Crippen molar-refractivity contribution in [2.45, 2.75) is 71.5 Å². The Hall–Kier alpha value is -3.32. The molecule has 1 fully saturated rings. The lowest BCUT2D eigenvalue weighted by molar-refractivity contribution is 0.204. The fraction of sp³-hybridized carbons (Fsp3) is 0.429. The van der Waals surface area contributed by atoms with Gasteiger partial charge < -0.3 is 4.98 Å². The zero-order valence-corrected chi connectivity index (χ0v) is 20.9. The first kappa shape index (κ1) is 23.4. The highest BCUT2D eigenvalue weighted by molar-refractivity contribution is 5.81. The Morgan fingerprint density at radius 3 is 2.54 bits per heavy atom. The summed E-state index contributed by atoms with van der Waals surface area (Å²) in [6, 6.07) is 16.6. The van der Waals surface area contributed by atoms with E-state index >= 15 is 0 Å². The molecule has 1 unspecified atom stereocenters. The fourth-order valence-corrected chi connectivity index (χ4v) is 5.37. The molecule has 1 atom stereocenters. The minimum atomic E-state index is -0.355. The molecule has 5 rings (SSSR count). The van der Waals surface area contributed by atoms with Gasteiger partial charge in [0.25, 0.3) is 5.56 Å². The Morgan fingerprint density at radius 2 is 1.80 bits per heavy atom. The summed E-state index contributed by atoms with van der Waals surface area (Å²) in [4.78, 5) is 19.0. The number of aromatic nitrogens is 5. The van der Waals surface area contributed by atoms with Crippen LogP contribution in [-0.4, -0.2) is 36.6 Å². The van der Waals surface area contributed by atoms with E-state index in [1.54, 1.807) is 0 Å². The van der Waals surface area contributed by atoms with Crippen molar-refractivity contribution in [3.8, 4) is 0 Å². The van der Waals surface area contributed by atoms with E-state index in [-0.39, 0.29) is 17.6 Å². The van der Waals surface area contributed by atoms with Gasteiger partial charge in [-0.3, -0.25) is 9.69 Å². The Morgan fingerprint density at radius 1 is 1.06 bits per heavy atom. The molecule has 4 aromatic rings. The smallest absolute Gasteiger partial charge is 0.253 e. The van der Waals surface area contributed by atoms with Gasteiger partial charge in [0, 0.05) is 17.6 Å². The van der Waals surface area contributed by atoms with E-state index < -0.39 is 0 Å². The molecule has 2 heterocycles. The molecule has 1 N–H and O–H groups in total. The van der Waals surface area contributed by atoms with Gasteiger partial charge in [0.1, 0.15) is 6.04 Å². The van der Waals surface area contributed by atoms with Gasteiger partial charge in [-0.25, -0.2) is 4.68 Å². The van der Waals surface area contributed by atoms with E-state index in [1.807, 2.05) is 16.8 Å². The van der Waals surface area contributed by atoms with Crippen molar-refractivity contribution in [2.24, 2.45) is 0 Å².